The molecular weight excluding hydrogens is 346 g/mol. The Labute approximate surface area is 162 Å². The van der Waals surface area contributed by atoms with Gasteiger partial charge in [-0.2, -0.15) is 11.8 Å². The van der Waals surface area contributed by atoms with Gasteiger partial charge in [0.25, 0.3) is 0 Å². The monoisotopic (exact) mass is 379 g/mol. The molecule has 0 spiro atoms. The third-order valence-corrected chi connectivity index (χ3v) is 6.04. The lowest BCUT2D eigenvalue weighted by Gasteiger charge is -2.28. The molecule has 2 N–H and O–H groups in total. The summed E-state index contributed by atoms with van der Waals surface area (Å²) in [6.07, 6.45) is 2.25. The van der Waals surface area contributed by atoms with Gasteiger partial charge in [0.1, 0.15) is 18.5 Å². The second-order valence-electron chi connectivity index (χ2n) is 7.21. The standard InChI is InChI=1S/C20H33N3O2S/c24-19(16-23-11-13-26-14-12-23)17-25-20-6-2-1-5-18(20)15-21-7-10-22-8-3-4-9-22/h1-2,5-6,19,21,24H,3-4,7-17H2/t19-/m1/s1. The van der Waals surface area contributed by atoms with Crippen molar-refractivity contribution in [2.75, 3.05) is 63.9 Å². The second-order valence-corrected chi connectivity index (χ2v) is 8.44. The fourth-order valence-electron chi connectivity index (χ4n) is 3.58. The lowest BCUT2D eigenvalue weighted by molar-refractivity contribution is 0.0711. The van der Waals surface area contributed by atoms with E-state index in [4.69, 9.17) is 4.74 Å². The Morgan fingerprint density at radius 1 is 1.08 bits per heavy atom. The van der Waals surface area contributed by atoms with E-state index in [1.165, 1.54) is 37.4 Å². The van der Waals surface area contributed by atoms with Crippen molar-refractivity contribution in [2.45, 2.75) is 25.5 Å². The number of rotatable bonds is 10. The maximum Gasteiger partial charge on any atom is 0.123 e. The highest BCUT2D eigenvalue weighted by atomic mass is 32.2. The average Bonchev–Trinajstić information content (AvgIpc) is 3.19. The maximum absolute atomic E-state index is 10.3. The lowest BCUT2D eigenvalue weighted by atomic mass is 10.2. The van der Waals surface area contributed by atoms with E-state index in [0.717, 1.165) is 44.0 Å². The second kappa shape index (κ2) is 11.1. The number of hydrogen-bond donors (Lipinski definition) is 2. The molecule has 0 bridgehead atoms. The molecule has 0 amide bonds. The molecule has 5 nitrogen and oxygen atoms in total. The summed E-state index contributed by atoms with van der Waals surface area (Å²) in [5, 5.41) is 13.8. The highest BCUT2D eigenvalue weighted by Gasteiger charge is 2.16. The highest BCUT2D eigenvalue weighted by molar-refractivity contribution is 7.99. The number of benzene rings is 1. The van der Waals surface area contributed by atoms with Crippen LogP contribution in [0.3, 0.4) is 0 Å². The number of ether oxygens (including phenoxy) is 1. The van der Waals surface area contributed by atoms with Crippen LogP contribution in [0.4, 0.5) is 0 Å². The van der Waals surface area contributed by atoms with Gasteiger partial charge < -0.3 is 20.1 Å². The van der Waals surface area contributed by atoms with Crippen molar-refractivity contribution in [1.82, 2.24) is 15.1 Å². The van der Waals surface area contributed by atoms with Crippen molar-refractivity contribution in [2.24, 2.45) is 0 Å². The molecule has 0 saturated carbocycles. The van der Waals surface area contributed by atoms with Crippen LogP contribution in [0.2, 0.25) is 0 Å². The Kier molecular flexibility index (Phi) is 8.55. The van der Waals surface area contributed by atoms with Crippen LogP contribution in [0.15, 0.2) is 24.3 Å². The zero-order chi connectivity index (χ0) is 18.0. The van der Waals surface area contributed by atoms with Crippen LogP contribution in [-0.4, -0.2) is 84.9 Å². The molecule has 26 heavy (non-hydrogen) atoms. The average molecular weight is 380 g/mol. The van der Waals surface area contributed by atoms with E-state index in [1.807, 2.05) is 30.0 Å². The van der Waals surface area contributed by atoms with Crippen LogP contribution in [0.1, 0.15) is 18.4 Å². The summed E-state index contributed by atoms with van der Waals surface area (Å²) < 4.78 is 5.94. The van der Waals surface area contributed by atoms with Crippen molar-refractivity contribution in [1.29, 1.82) is 0 Å². The molecule has 1 aromatic rings. The maximum atomic E-state index is 10.3. The van der Waals surface area contributed by atoms with Crippen molar-refractivity contribution in [3.63, 3.8) is 0 Å². The SMILES string of the molecule is O[C@@H](COc1ccccc1CNCCN1CCCC1)CN1CCSCC1. The first kappa shape index (κ1) is 20.0. The highest BCUT2D eigenvalue weighted by Crippen LogP contribution is 2.18. The van der Waals surface area contributed by atoms with Crippen LogP contribution >= 0.6 is 11.8 Å². The van der Waals surface area contributed by atoms with Crippen LogP contribution in [-0.2, 0) is 6.54 Å². The molecule has 2 saturated heterocycles. The third-order valence-electron chi connectivity index (χ3n) is 5.10. The first-order valence-corrected chi connectivity index (χ1v) is 11.1. The predicted molar refractivity (Wildman–Crippen MR) is 109 cm³/mol. The van der Waals surface area contributed by atoms with Crippen LogP contribution in [0.25, 0.3) is 0 Å². The minimum absolute atomic E-state index is 0.356. The number of para-hydroxylation sites is 1. The van der Waals surface area contributed by atoms with Gasteiger partial charge in [-0.05, 0) is 32.0 Å². The summed E-state index contributed by atoms with van der Waals surface area (Å²) in [4.78, 5) is 4.85. The van der Waals surface area contributed by atoms with Gasteiger partial charge in [-0.1, -0.05) is 18.2 Å². The molecule has 1 atom stereocenters. The minimum Gasteiger partial charge on any atom is -0.491 e. The molecule has 0 aromatic heterocycles. The minimum atomic E-state index is -0.436. The Morgan fingerprint density at radius 2 is 1.85 bits per heavy atom. The molecule has 2 fully saturated rings. The molecule has 3 rings (SSSR count). The Morgan fingerprint density at radius 3 is 2.65 bits per heavy atom. The van der Waals surface area contributed by atoms with Gasteiger partial charge in [-0.25, -0.2) is 0 Å². The van der Waals surface area contributed by atoms with Crippen LogP contribution in [0, 0.1) is 0 Å². The van der Waals surface area contributed by atoms with Gasteiger partial charge in [0.15, 0.2) is 0 Å². The number of nitrogens with zero attached hydrogens (tertiary/aromatic N) is 2. The van der Waals surface area contributed by atoms with E-state index in [9.17, 15) is 5.11 Å². The van der Waals surface area contributed by atoms with Crippen molar-refractivity contribution in [3.8, 4) is 5.75 Å². The number of hydrogen-bond acceptors (Lipinski definition) is 6. The third kappa shape index (κ3) is 6.74. The fourth-order valence-corrected chi connectivity index (χ4v) is 4.56. The lowest BCUT2D eigenvalue weighted by Crippen LogP contribution is -2.40. The normalized spacial score (nSPS) is 20.3. The summed E-state index contributed by atoms with van der Waals surface area (Å²) >= 11 is 1.99. The number of thioether (sulfide) groups is 1. The van der Waals surface area contributed by atoms with Gasteiger partial charge in [-0.3, -0.25) is 4.90 Å². The van der Waals surface area contributed by atoms with Crippen molar-refractivity contribution in [3.05, 3.63) is 29.8 Å². The van der Waals surface area contributed by atoms with E-state index >= 15 is 0 Å². The van der Waals surface area contributed by atoms with Crippen molar-refractivity contribution < 1.29 is 9.84 Å². The smallest absolute Gasteiger partial charge is 0.123 e. The van der Waals surface area contributed by atoms with Gasteiger partial charge in [0, 0.05) is 56.3 Å². The van der Waals surface area contributed by atoms with Crippen molar-refractivity contribution >= 4 is 11.8 Å². The van der Waals surface area contributed by atoms with Gasteiger partial charge in [0.05, 0.1) is 0 Å². The number of aliphatic hydroxyl groups excluding tert-OH is 1. The molecule has 0 radical (unpaired) electrons. The summed E-state index contributed by atoms with van der Waals surface area (Å²) in [6.45, 7) is 8.62. The topological polar surface area (TPSA) is 48.0 Å². The number of β-amino-alcohol motifs (C(OH)–C–C–N with tert-alkyl or cyclic N) is 1. The molecule has 2 aliphatic heterocycles. The summed E-state index contributed by atoms with van der Waals surface area (Å²) in [7, 11) is 0. The predicted octanol–water partition coefficient (Wildman–Crippen LogP) is 1.66. The first-order valence-electron chi connectivity index (χ1n) is 9.93. The molecular formula is C20H33N3O2S. The summed E-state index contributed by atoms with van der Waals surface area (Å²) in [5.74, 6) is 3.22. The molecule has 0 aliphatic carbocycles. The Hall–Kier alpha value is -0.790. The van der Waals surface area contributed by atoms with E-state index in [-0.39, 0.29) is 0 Å². The van der Waals surface area contributed by atoms with E-state index in [0.29, 0.717) is 13.2 Å². The largest absolute Gasteiger partial charge is 0.491 e. The van der Waals surface area contributed by atoms with E-state index in [1.54, 1.807) is 0 Å². The van der Waals surface area contributed by atoms with Gasteiger partial charge in [0.2, 0.25) is 0 Å². The molecule has 1 aromatic carbocycles. The number of aliphatic hydroxyl groups is 1. The molecule has 2 aliphatic rings. The zero-order valence-electron chi connectivity index (χ0n) is 15.7. The quantitative estimate of drug-likeness (QED) is 0.603. The van der Waals surface area contributed by atoms with Crippen LogP contribution < -0.4 is 10.1 Å². The fraction of sp³-hybridized carbons (Fsp3) is 0.700. The summed E-state index contributed by atoms with van der Waals surface area (Å²) in [6, 6.07) is 8.15. The molecule has 0 unspecified atom stereocenters. The van der Waals surface area contributed by atoms with Crippen LogP contribution in [0.5, 0.6) is 5.75 Å². The van der Waals surface area contributed by atoms with Gasteiger partial charge >= 0.3 is 0 Å². The summed E-state index contributed by atoms with van der Waals surface area (Å²) in [5.41, 5.74) is 1.16. The van der Waals surface area contributed by atoms with E-state index in [2.05, 4.69) is 21.2 Å². The Bertz CT molecular complexity index is 520. The van der Waals surface area contributed by atoms with E-state index < -0.39 is 6.10 Å². The molecule has 2 heterocycles. The number of nitrogens with one attached hydrogen (secondary N) is 1. The zero-order valence-corrected chi connectivity index (χ0v) is 16.6. The molecule has 146 valence electrons. The first-order chi connectivity index (χ1) is 12.8. The van der Waals surface area contributed by atoms with Gasteiger partial charge in [-0.15, -0.1) is 0 Å². The number of likely N-dealkylation sites (tertiary alicyclic amines) is 1. The Balaban J connectivity index is 1.38. The molecule has 6 heteroatoms.